The summed E-state index contributed by atoms with van der Waals surface area (Å²) in [6.07, 6.45) is 5.66. The molecule has 0 radical (unpaired) electrons. The van der Waals surface area contributed by atoms with Crippen LogP contribution >= 0.6 is 11.3 Å². The summed E-state index contributed by atoms with van der Waals surface area (Å²) >= 11 is 1.44. The average Bonchev–Trinajstić information content (AvgIpc) is 2.89. The molecule has 1 aliphatic carbocycles. The van der Waals surface area contributed by atoms with Gasteiger partial charge in [-0.25, -0.2) is 4.79 Å². The average molecular weight is 366 g/mol. The van der Waals surface area contributed by atoms with Crippen LogP contribution in [0.1, 0.15) is 67.3 Å². The molecule has 2 rings (SSSR count). The summed E-state index contributed by atoms with van der Waals surface area (Å²) in [5, 5.41) is 6.07. The number of esters is 1. The van der Waals surface area contributed by atoms with E-state index in [1.807, 2.05) is 13.8 Å². The lowest BCUT2D eigenvalue weighted by Gasteiger charge is -2.14. The Morgan fingerprint density at radius 3 is 2.64 bits per heavy atom. The van der Waals surface area contributed by atoms with Gasteiger partial charge in [0.05, 0.1) is 5.56 Å². The molecule has 0 saturated carbocycles. The van der Waals surface area contributed by atoms with E-state index in [2.05, 4.69) is 10.6 Å². The molecule has 7 heteroatoms. The van der Waals surface area contributed by atoms with E-state index in [4.69, 9.17) is 4.74 Å². The van der Waals surface area contributed by atoms with Crippen LogP contribution in [0.3, 0.4) is 0 Å². The van der Waals surface area contributed by atoms with Crippen LogP contribution in [0.5, 0.6) is 0 Å². The minimum Gasteiger partial charge on any atom is -0.452 e. The lowest BCUT2D eigenvalue weighted by atomic mass is 9.95. The summed E-state index contributed by atoms with van der Waals surface area (Å²) in [7, 11) is 0. The number of ether oxygens (including phenoxy) is 1. The van der Waals surface area contributed by atoms with Gasteiger partial charge in [-0.05, 0) is 44.6 Å². The molecule has 6 nitrogen and oxygen atoms in total. The number of anilines is 1. The number of nitrogens with one attached hydrogen (secondary N) is 2. The molecule has 0 fully saturated rings. The van der Waals surface area contributed by atoms with Gasteiger partial charge in [0, 0.05) is 17.8 Å². The minimum absolute atomic E-state index is 0.0556. The Morgan fingerprint density at radius 1 is 1.24 bits per heavy atom. The molecule has 25 heavy (non-hydrogen) atoms. The van der Waals surface area contributed by atoms with E-state index in [1.165, 1.54) is 18.3 Å². The van der Waals surface area contributed by atoms with Crippen molar-refractivity contribution in [3.8, 4) is 0 Å². The Hall–Kier alpha value is -1.89. The van der Waals surface area contributed by atoms with Gasteiger partial charge in [-0.15, -0.1) is 11.3 Å². The van der Waals surface area contributed by atoms with Crippen molar-refractivity contribution in [2.24, 2.45) is 0 Å². The largest absolute Gasteiger partial charge is 0.452 e. The summed E-state index contributed by atoms with van der Waals surface area (Å²) < 4.78 is 5.22. The van der Waals surface area contributed by atoms with Gasteiger partial charge in [-0.3, -0.25) is 9.59 Å². The number of hydrogen-bond acceptors (Lipinski definition) is 5. The number of fused-ring (bicyclic) bond motifs is 1. The van der Waals surface area contributed by atoms with E-state index in [1.54, 1.807) is 0 Å². The second kappa shape index (κ2) is 8.99. The van der Waals surface area contributed by atoms with Crippen molar-refractivity contribution < 1.29 is 19.1 Å². The Balaban J connectivity index is 2.06. The molecule has 1 heterocycles. The van der Waals surface area contributed by atoms with Gasteiger partial charge in [0.1, 0.15) is 5.00 Å². The molecule has 0 aromatic carbocycles. The number of amides is 2. The Morgan fingerprint density at radius 2 is 1.96 bits per heavy atom. The molecular formula is C18H26N2O4S. The highest BCUT2D eigenvalue weighted by Crippen LogP contribution is 2.38. The van der Waals surface area contributed by atoms with Crippen LogP contribution in [0, 0.1) is 0 Å². The quantitative estimate of drug-likeness (QED) is 0.727. The fraction of sp³-hybridized carbons (Fsp3) is 0.611. The van der Waals surface area contributed by atoms with E-state index in [0.717, 1.165) is 49.0 Å². The van der Waals surface area contributed by atoms with Crippen molar-refractivity contribution >= 4 is 34.1 Å². The Labute approximate surface area is 152 Å². The monoisotopic (exact) mass is 366 g/mol. The van der Waals surface area contributed by atoms with E-state index in [9.17, 15) is 14.4 Å². The maximum Gasteiger partial charge on any atom is 0.341 e. The number of hydrogen-bond donors (Lipinski definition) is 2. The van der Waals surface area contributed by atoms with Crippen LogP contribution in [-0.2, 0) is 27.2 Å². The molecule has 138 valence electrons. The lowest BCUT2D eigenvalue weighted by molar-refractivity contribution is -0.124. The topological polar surface area (TPSA) is 84.5 Å². The first-order valence-corrected chi connectivity index (χ1v) is 9.62. The Kier molecular flexibility index (Phi) is 6.99. The standard InChI is InChI=1S/C18H26N2O4S/c1-4-7-11(2)19-15(22)10-24-18(23)16-13-8-5-6-9-14(13)25-17(16)20-12(3)21/h11H,4-10H2,1-3H3,(H,19,22)(H,20,21)/t11-/m0/s1. The first kappa shape index (κ1) is 19.4. The molecule has 0 bridgehead atoms. The van der Waals surface area contributed by atoms with Crippen LogP contribution in [0.2, 0.25) is 0 Å². The van der Waals surface area contributed by atoms with Crippen molar-refractivity contribution in [1.29, 1.82) is 0 Å². The molecule has 1 aliphatic rings. The summed E-state index contributed by atoms with van der Waals surface area (Å²) in [4.78, 5) is 37.0. The number of thiophene rings is 1. The molecule has 2 N–H and O–H groups in total. The summed E-state index contributed by atoms with van der Waals surface area (Å²) in [5.41, 5.74) is 1.38. The maximum absolute atomic E-state index is 12.5. The van der Waals surface area contributed by atoms with Gasteiger partial charge in [-0.1, -0.05) is 13.3 Å². The van der Waals surface area contributed by atoms with Crippen molar-refractivity contribution in [3.05, 3.63) is 16.0 Å². The van der Waals surface area contributed by atoms with Crippen molar-refractivity contribution in [2.75, 3.05) is 11.9 Å². The predicted octanol–water partition coefficient (Wildman–Crippen LogP) is 3.05. The molecule has 2 amide bonds. The summed E-state index contributed by atoms with van der Waals surface area (Å²) in [6.45, 7) is 5.08. The molecule has 0 aliphatic heterocycles. The zero-order chi connectivity index (χ0) is 18.4. The molecule has 1 aromatic rings. The smallest absolute Gasteiger partial charge is 0.341 e. The molecule has 0 saturated heterocycles. The third kappa shape index (κ3) is 5.29. The number of carbonyl (C=O) groups is 3. The second-order valence-corrected chi connectivity index (χ2v) is 7.53. The summed E-state index contributed by atoms with van der Waals surface area (Å²) in [5.74, 6) is -1.07. The minimum atomic E-state index is -0.540. The van der Waals surface area contributed by atoms with Crippen molar-refractivity contribution in [1.82, 2.24) is 5.32 Å². The zero-order valence-corrected chi connectivity index (χ0v) is 15.9. The van der Waals surface area contributed by atoms with Gasteiger partial charge in [-0.2, -0.15) is 0 Å². The van der Waals surface area contributed by atoms with Crippen LogP contribution in [-0.4, -0.2) is 30.4 Å². The van der Waals surface area contributed by atoms with Gasteiger partial charge < -0.3 is 15.4 Å². The molecule has 0 spiro atoms. The van der Waals surface area contributed by atoms with Crippen LogP contribution in [0.25, 0.3) is 0 Å². The lowest BCUT2D eigenvalue weighted by Crippen LogP contribution is -2.35. The van der Waals surface area contributed by atoms with Crippen molar-refractivity contribution in [3.63, 3.8) is 0 Å². The van der Waals surface area contributed by atoms with E-state index in [0.29, 0.717) is 10.6 Å². The van der Waals surface area contributed by atoms with Gasteiger partial charge >= 0.3 is 5.97 Å². The predicted molar refractivity (Wildman–Crippen MR) is 98.1 cm³/mol. The normalized spacial score (nSPS) is 14.4. The highest BCUT2D eigenvalue weighted by Gasteiger charge is 2.27. The van der Waals surface area contributed by atoms with E-state index < -0.39 is 5.97 Å². The number of aryl methyl sites for hydroxylation is 1. The fourth-order valence-corrected chi connectivity index (χ4v) is 4.38. The van der Waals surface area contributed by atoms with E-state index in [-0.39, 0.29) is 24.5 Å². The fourth-order valence-electron chi connectivity index (χ4n) is 3.05. The second-order valence-electron chi connectivity index (χ2n) is 6.43. The highest BCUT2D eigenvalue weighted by molar-refractivity contribution is 7.17. The van der Waals surface area contributed by atoms with Gasteiger partial charge in [0.2, 0.25) is 5.91 Å². The Bertz CT molecular complexity index is 654. The third-order valence-electron chi connectivity index (χ3n) is 4.13. The van der Waals surface area contributed by atoms with Crippen LogP contribution in [0.15, 0.2) is 0 Å². The number of carbonyl (C=O) groups excluding carboxylic acids is 3. The van der Waals surface area contributed by atoms with Crippen molar-refractivity contribution in [2.45, 2.75) is 65.3 Å². The van der Waals surface area contributed by atoms with E-state index >= 15 is 0 Å². The third-order valence-corrected chi connectivity index (χ3v) is 5.34. The first-order chi connectivity index (χ1) is 11.9. The van der Waals surface area contributed by atoms with Gasteiger partial charge in [0.15, 0.2) is 6.61 Å². The maximum atomic E-state index is 12.5. The van der Waals surface area contributed by atoms with Crippen LogP contribution in [0.4, 0.5) is 5.00 Å². The highest BCUT2D eigenvalue weighted by atomic mass is 32.1. The number of rotatable bonds is 7. The first-order valence-electron chi connectivity index (χ1n) is 8.81. The summed E-state index contributed by atoms with van der Waals surface area (Å²) in [6, 6.07) is 0.0556. The molecule has 0 unspecified atom stereocenters. The SMILES string of the molecule is CCC[C@H](C)NC(=O)COC(=O)c1c(NC(C)=O)sc2c1CCCC2. The molecule has 1 aromatic heterocycles. The van der Waals surface area contributed by atoms with Gasteiger partial charge in [0.25, 0.3) is 5.91 Å². The molecular weight excluding hydrogens is 340 g/mol. The molecule has 1 atom stereocenters. The van der Waals surface area contributed by atoms with Crippen LogP contribution < -0.4 is 10.6 Å². The zero-order valence-electron chi connectivity index (χ0n) is 15.1.